The molecule has 0 fully saturated rings. The Balaban J connectivity index is 2.07. The minimum absolute atomic E-state index is 0.266. The highest BCUT2D eigenvalue weighted by Gasteiger charge is 2.44. The van der Waals surface area contributed by atoms with Crippen LogP contribution in [0.2, 0.25) is 0 Å². The van der Waals surface area contributed by atoms with E-state index in [0.29, 0.717) is 6.42 Å². The third-order valence-electron chi connectivity index (χ3n) is 5.28. The Kier molecular flexibility index (Phi) is 4.88. The second-order valence-corrected chi connectivity index (χ2v) is 6.67. The van der Waals surface area contributed by atoms with Gasteiger partial charge in [-0.3, -0.25) is 9.59 Å². The van der Waals surface area contributed by atoms with Crippen LogP contribution < -0.4 is 0 Å². The van der Waals surface area contributed by atoms with Gasteiger partial charge in [0.15, 0.2) is 0 Å². The molecule has 1 aliphatic carbocycles. The van der Waals surface area contributed by atoms with Crippen molar-refractivity contribution in [2.45, 2.75) is 32.1 Å². The second kappa shape index (κ2) is 7.09. The molecule has 2 N–H and O–H groups in total. The second-order valence-electron chi connectivity index (χ2n) is 6.67. The molecule has 1 aliphatic rings. The molecule has 0 bridgehead atoms. The lowest BCUT2D eigenvalue weighted by Crippen LogP contribution is -2.39. The quantitative estimate of drug-likeness (QED) is 0.871. The Hall–Kier alpha value is -2.62. The summed E-state index contributed by atoms with van der Waals surface area (Å²) in [7, 11) is 0. The Bertz CT molecular complexity index is 782. The SMILES string of the molecule is CCC1c2cccc(Cc3ccccc3)c2C[C@H](C(=O)O)[C@H]1C(=O)O. The summed E-state index contributed by atoms with van der Waals surface area (Å²) in [4.78, 5) is 23.5. The predicted molar refractivity (Wildman–Crippen MR) is 94.7 cm³/mol. The van der Waals surface area contributed by atoms with Crippen LogP contribution >= 0.6 is 0 Å². The van der Waals surface area contributed by atoms with Gasteiger partial charge < -0.3 is 10.2 Å². The van der Waals surface area contributed by atoms with Gasteiger partial charge >= 0.3 is 11.9 Å². The zero-order valence-corrected chi connectivity index (χ0v) is 14.2. The fourth-order valence-corrected chi connectivity index (χ4v) is 4.11. The van der Waals surface area contributed by atoms with E-state index in [4.69, 9.17) is 0 Å². The molecule has 2 aromatic carbocycles. The highest BCUT2D eigenvalue weighted by Crippen LogP contribution is 2.43. The van der Waals surface area contributed by atoms with E-state index in [1.807, 2.05) is 55.5 Å². The smallest absolute Gasteiger partial charge is 0.308 e. The highest BCUT2D eigenvalue weighted by molar-refractivity contribution is 5.82. The third-order valence-corrected chi connectivity index (χ3v) is 5.28. The number of fused-ring (bicyclic) bond motifs is 1. The van der Waals surface area contributed by atoms with Crippen LogP contribution in [0.4, 0.5) is 0 Å². The van der Waals surface area contributed by atoms with Gasteiger partial charge in [0, 0.05) is 0 Å². The van der Waals surface area contributed by atoms with Gasteiger partial charge in [0.1, 0.15) is 0 Å². The van der Waals surface area contributed by atoms with Crippen molar-refractivity contribution in [3.63, 3.8) is 0 Å². The van der Waals surface area contributed by atoms with Crippen molar-refractivity contribution in [3.05, 3.63) is 70.8 Å². The summed E-state index contributed by atoms with van der Waals surface area (Å²) >= 11 is 0. The van der Waals surface area contributed by atoms with E-state index in [-0.39, 0.29) is 12.3 Å². The number of carbonyl (C=O) groups is 2. The molecule has 0 radical (unpaired) electrons. The lowest BCUT2D eigenvalue weighted by Gasteiger charge is -2.36. The maximum Gasteiger partial charge on any atom is 0.308 e. The van der Waals surface area contributed by atoms with Gasteiger partial charge in [0.05, 0.1) is 11.8 Å². The number of carboxylic acid groups (broad SMARTS) is 2. The van der Waals surface area contributed by atoms with Crippen molar-refractivity contribution in [3.8, 4) is 0 Å². The monoisotopic (exact) mass is 338 g/mol. The van der Waals surface area contributed by atoms with Crippen LogP contribution in [0.25, 0.3) is 0 Å². The molecule has 0 heterocycles. The van der Waals surface area contributed by atoms with E-state index in [1.54, 1.807) is 0 Å². The maximum atomic E-state index is 11.8. The first-order valence-corrected chi connectivity index (χ1v) is 8.63. The van der Waals surface area contributed by atoms with Crippen LogP contribution in [0.15, 0.2) is 48.5 Å². The van der Waals surface area contributed by atoms with Gasteiger partial charge in [0.2, 0.25) is 0 Å². The first-order valence-electron chi connectivity index (χ1n) is 8.63. The molecule has 0 aromatic heterocycles. The molecular formula is C21H22O4. The number of hydrogen-bond acceptors (Lipinski definition) is 2. The number of rotatable bonds is 5. The number of carboxylic acids is 2. The molecule has 4 heteroatoms. The van der Waals surface area contributed by atoms with Crippen molar-refractivity contribution >= 4 is 11.9 Å². The summed E-state index contributed by atoms with van der Waals surface area (Å²) in [5, 5.41) is 19.2. The normalized spacial score (nSPS) is 22.2. The maximum absolute atomic E-state index is 11.8. The Labute approximate surface area is 147 Å². The standard InChI is InChI=1S/C21H22O4/c1-2-15-16-10-6-9-14(11-13-7-4-3-5-8-13)17(16)12-18(20(22)23)19(15)21(24)25/h3-10,15,18-19H,2,11-12H2,1H3,(H,22,23)(H,24,25)/t15?,18-,19-/m0/s1. The van der Waals surface area contributed by atoms with Gasteiger partial charge in [-0.15, -0.1) is 0 Å². The molecule has 0 spiro atoms. The van der Waals surface area contributed by atoms with E-state index < -0.39 is 23.8 Å². The van der Waals surface area contributed by atoms with E-state index in [9.17, 15) is 19.8 Å². The molecule has 4 nitrogen and oxygen atoms in total. The molecule has 0 saturated heterocycles. The largest absolute Gasteiger partial charge is 0.481 e. The summed E-state index contributed by atoms with van der Waals surface area (Å²) < 4.78 is 0. The molecular weight excluding hydrogens is 316 g/mol. The lowest BCUT2D eigenvalue weighted by atomic mass is 9.66. The van der Waals surface area contributed by atoms with Crippen LogP contribution in [0.1, 0.15) is 41.5 Å². The minimum Gasteiger partial charge on any atom is -0.481 e. The number of benzene rings is 2. The first-order chi connectivity index (χ1) is 12.0. The topological polar surface area (TPSA) is 74.6 Å². The molecule has 1 unspecified atom stereocenters. The lowest BCUT2D eigenvalue weighted by molar-refractivity contribution is -0.155. The zero-order valence-electron chi connectivity index (χ0n) is 14.2. The van der Waals surface area contributed by atoms with Crippen LogP contribution in [-0.2, 0) is 22.4 Å². The van der Waals surface area contributed by atoms with Crippen molar-refractivity contribution in [1.29, 1.82) is 0 Å². The molecule has 2 aromatic rings. The van der Waals surface area contributed by atoms with Crippen LogP contribution in [0.5, 0.6) is 0 Å². The van der Waals surface area contributed by atoms with Gasteiger partial charge in [-0.25, -0.2) is 0 Å². The first kappa shape index (κ1) is 17.2. The Morgan fingerprint density at radius 1 is 1.00 bits per heavy atom. The van der Waals surface area contributed by atoms with Crippen LogP contribution in [0, 0.1) is 11.8 Å². The number of aliphatic carboxylic acids is 2. The van der Waals surface area contributed by atoms with E-state index >= 15 is 0 Å². The predicted octanol–water partition coefficient (Wildman–Crippen LogP) is 3.73. The molecule has 3 rings (SSSR count). The summed E-state index contributed by atoms with van der Waals surface area (Å²) in [6.07, 6.45) is 1.62. The van der Waals surface area contributed by atoms with Gasteiger partial charge in [-0.05, 0) is 47.4 Å². The molecule has 0 saturated carbocycles. The minimum atomic E-state index is -1.02. The van der Waals surface area contributed by atoms with Crippen molar-refractivity contribution in [1.82, 2.24) is 0 Å². The number of hydrogen-bond donors (Lipinski definition) is 2. The fourth-order valence-electron chi connectivity index (χ4n) is 4.11. The van der Waals surface area contributed by atoms with Gasteiger partial charge in [-0.1, -0.05) is 55.5 Å². The summed E-state index contributed by atoms with van der Waals surface area (Å²) in [5.74, 6) is -4.06. The Morgan fingerprint density at radius 2 is 1.72 bits per heavy atom. The summed E-state index contributed by atoms with van der Waals surface area (Å²) in [5.41, 5.74) is 4.28. The molecule has 0 amide bonds. The van der Waals surface area contributed by atoms with Crippen molar-refractivity contribution < 1.29 is 19.8 Å². The highest BCUT2D eigenvalue weighted by atomic mass is 16.4. The average Bonchev–Trinajstić information content (AvgIpc) is 2.61. The molecule has 0 aliphatic heterocycles. The summed E-state index contributed by atoms with van der Waals surface area (Å²) in [6, 6.07) is 16.0. The fraction of sp³-hybridized carbons (Fsp3) is 0.333. The van der Waals surface area contributed by atoms with Crippen LogP contribution in [-0.4, -0.2) is 22.2 Å². The molecule has 3 atom stereocenters. The Morgan fingerprint density at radius 3 is 2.32 bits per heavy atom. The average molecular weight is 338 g/mol. The zero-order chi connectivity index (χ0) is 18.0. The van der Waals surface area contributed by atoms with Crippen molar-refractivity contribution in [2.75, 3.05) is 0 Å². The summed E-state index contributed by atoms with van der Waals surface area (Å²) in [6.45, 7) is 1.93. The van der Waals surface area contributed by atoms with Gasteiger partial charge in [0.25, 0.3) is 0 Å². The third kappa shape index (κ3) is 3.29. The molecule has 130 valence electrons. The van der Waals surface area contributed by atoms with Gasteiger partial charge in [-0.2, -0.15) is 0 Å². The van der Waals surface area contributed by atoms with Crippen molar-refractivity contribution in [2.24, 2.45) is 11.8 Å². The molecule has 25 heavy (non-hydrogen) atoms. The van der Waals surface area contributed by atoms with E-state index in [2.05, 4.69) is 0 Å². The van der Waals surface area contributed by atoms with Crippen LogP contribution in [0.3, 0.4) is 0 Å². The van der Waals surface area contributed by atoms with E-state index in [0.717, 1.165) is 28.7 Å². The van der Waals surface area contributed by atoms with E-state index in [1.165, 1.54) is 0 Å².